The molecule has 1 aromatic carbocycles. The van der Waals surface area contributed by atoms with Crippen molar-refractivity contribution in [3.8, 4) is 0 Å². The van der Waals surface area contributed by atoms with Crippen LogP contribution in [0.3, 0.4) is 0 Å². The molecule has 1 atom stereocenters. The van der Waals surface area contributed by atoms with Gasteiger partial charge in [0.25, 0.3) is 0 Å². The fourth-order valence-electron chi connectivity index (χ4n) is 3.03. The number of nitrogens with two attached hydrogens (primary N) is 1. The van der Waals surface area contributed by atoms with Crippen molar-refractivity contribution in [3.63, 3.8) is 0 Å². The first kappa shape index (κ1) is 13.2. The molecule has 18 heavy (non-hydrogen) atoms. The lowest BCUT2D eigenvalue weighted by molar-refractivity contribution is 0.232. The van der Waals surface area contributed by atoms with E-state index in [1.54, 1.807) is 0 Å². The quantitative estimate of drug-likeness (QED) is 0.830. The smallest absolute Gasteiger partial charge is 0.0397 e. The molecule has 100 valence electrons. The Hall–Kier alpha value is -1.22. The Kier molecular flexibility index (Phi) is 4.12. The number of hydrogen-bond acceptors (Lipinski definition) is 3. The number of aryl methyl sites for hydroxylation is 1. The average molecular weight is 247 g/mol. The topological polar surface area (TPSA) is 32.5 Å². The Morgan fingerprint density at radius 3 is 2.67 bits per heavy atom. The summed E-state index contributed by atoms with van der Waals surface area (Å²) in [5.41, 5.74) is 9.31. The predicted molar refractivity (Wildman–Crippen MR) is 79.1 cm³/mol. The van der Waals surface area contributed by atoms with Gasteiger partial charge in [-0.2, -0.15) is 0 Å². The average Bonchev–Trinajstić information content (AvgIpc) is 2.80. The summed E-state index contributed by atoms with van der Waals surface area (Å²) in [5, 5.41) is 0. The molecule has 0 radical (unpaired) electrons. The van der Waals surface area contributed by atoms with Crippen LogP contribution in [-0.2, 0) is 0 Å². The van der Waals surface area contributed by atoms with Crippen molar-refractivity contribution in [1.82, 2.24) is 4.90 Å². The zero-order valence-electron chi connectivity index (χ0n) is 11.8. The number of nitrogen functional groups attached to an aromatic ring is 1. The normalized spacial score (nSPS) is 19.8. The van der Waals surface area contributed by atoms with Gasteiger partial charge in [0.15, 0.2) is 0 Å². The molecule has 1 fully saturated rings. The molecule has 0 bridgehead atoms. The zero-order valence-corrected chi connectivity index (χ0v) is 11.8. The monoisotopic (exact) mass is 247 g/mol. The van der Waals surface area contributed by atoms with Gasteiger partial charge in [-0.05, 0) is 50.2 Å². The fourth-order valence-corrected chi connectivity index (χ4v) is 3.03. The minimum absolute atomic E-state index is 0.706. The number of rotatable bonds is 4. The van der Waals surface area contributed by atoms with Gasteiger partial charge in [-0.25, -0.2) is 0 Å². The van der Waals surface area contributed by atoms with Crippen LogP contribution in [0, 0.1) is 6.92 Å². The molecule has 1 aromatic rings. The molecule has 0 spiro atoms. The van der Waals surface area contributed by atoms with Crippen LogP contribution in [0.15, 0.2) is 18.2 Å². The van der Waals surface area contributed by atoms with Crippen LogP contribution in [0.2, 0.25) is 0 Å². The van der Waals surface area contributed by atoms with E-state index in [4.69, 9.17) is 5.73 Å². The largest absolute Gasteiger partial charge is 0.399 e. The summed E-state index contributed by atoms with van der Waals surface area (Å²) in [5.74, 6) is 0. The zero-order chi connectivity index (χ0) is 13.1. The lowest BCUT2D eigenvalue weighted by Crippen LogP contribution is -2.37. The van der Waals surface area contributed by atoms with E-state index in [-0.39, 0.29) is 0 Å². The van der Waals surface area contributed by atoms with Gasteiger partial charge in [0.2, 0.25) is 0 Å². The second-order valence-electron chi connectivity index (χ2n) is 5.16. The Bertz CT molecular complexity index is 399. The highest BCUT2D eigenvalue weighted by Crippen LogP contribution is 2.27. The van der Waals surface area contributed by atoms with E-state index in [0.29, 0.717) is 6.04 Å². The summed E-state index contributed by atoms with van der Waals surface area (Å²) in [6.45, 7) is 11.3. The minimum atomic E-state index is 0.706. The first-order valence-electron chi connectivity index (χ1n) is 7.00. The van der Waals surface area contributed by atoms with Gasteiger partial charge < -0.3 is 10.6 Å². The van der Waals surface area contributed by atoms with Crippen molar-refractivity contribution < 1.29 is 0 Å². The van der Waals surface area contributed by atoms with Crippen molar-refractivity contribution in [2.24, 2.45) is 0 Å². The van der Waals surface area contributed by atoms with Crippen molar-refractivity contribution in [1.29, 1.82) is 0 Å². The van der Waals surface area contributed by atoms with Gasteiger partial charge in [-0.3, -0.25) is 4.90 Å². The highest BCUT2D eigenvalue weighted by Gasteiger charge is 2.26. The molecule has 0 amide bonds. The Morgan fingerprint density at radius 2 is 2.06 bits per heavy atom. The summed E-state index contributed by atoms with van der Waals surface area (Å²) in [7, 11) is 0. The maximum Gasteiger partial charge on any atom is 0.0397 e. The number of hydrogen-bond donors (Lipinski definition) is 1. The summed E-state index contributed by atoms with van der Waals surface area (Å²) in [4.78, 5) is 5.06. The third kappa shape index (κ3) is 2.61. The maximum atomic E-state index is 5.82. The van der Waals surface area contributed by atoms with Gasteiger partial charge >= 0.3 is 0 Å². The van der Waals surface area contributed by atoms with Crippen molar-refractivity contribution >= 4 is 11.4 Å². The van der Waals surface area contributed by atoms with Crippen LogP contribution >= 0.6 is 0 Å². The molecule has 0 aliphatic carbocycles. The molecular weight excluding hydrogens is 222 g/mol. The maximum absolute atomic E-state index is 5.82. The van der Waals surface area contributed by atoms with Gasteiger partial charge in [0.1, 0.15) is 0 Å². The first-order valence-corrected chi connectivity index (χ1v) is 7.00. The number of nitrogens with zero attached hydrogens (tertiary/aromatic N) is 2. The van der Waals surface area contributed by atoms with Crippen LogP contribution in [0.25, 0.3) is 0 Å². The summed E-state index contributed by atoms with van der Waals surface area (Å²) < 4.78 is 0. The predicted octanol–water partition coefficient (Wildman–Crippen LogP) is 2.50. The highest BCUT2D eigenvalue weighted by molar-refractivity contribution is 5.59. The molecule has 2 rings (SSSR count). The second kappa shape index (κ2) is 5.61. The van der Waals surface area contributed by atoms with Gasteiger partial charge in [-0.15, -0.1) is 0 Å². The standard InChI is InChI=1S/C15H25N3/c1-4-17(5-2)14-8-9-18(11-14)15-7-6-13(16)10-12(15)3/h6-7,10,14H,4-5,8-9,11,16H2,1-3H3. The molecule has 3 heteroatoms. The van der Waals surface area contributed by atoms with E-state index in [1.165, 1.54) is 17.7 Å². The molecule has 0 aromatic heterocycles. The van der Waals surface area contributed by atoms with E-state index in [0.717, 1.165) is 31.9 Å². The number of benzene rings is 1. The molecule has 1 aliphatic rings. The highest BCUT2D eigenvalue weighted by atomic mass is 15.2. The summed E-state index contributed by atoms with van der Waals surface area (Å²) in [6.07, 6.45) is 1.27. The molecule has 0 saturated carbocycles. The fraction of sp³-hybridized carbons (Fsp3) is 0.600. The van der Waals surface area contributed by atoms with E-state index in [2.05, 4.69) is 42.7 Å². The first-order chi connectivity index (χ1) is 8.65. The Labute approximate surface area is 111 Å². The van der Waals surface area contributed by atoms with Crippen molar-refractivity contribution in [3.05, 3.63) is 23.8 Å². The van der Waals surface area contributed by atoms with Gasteiger partial charge in [-0.1, -0.05) is 13.8 Å². The Balaban J connectivity index is 2.08. The number of likely N-dealkylation sites (N-methyl/N-ethyl adjacent to an activating group) is 1. The molecule has 1 aliphatic heterocycles. The summed E-state index contributed by atoms with van der Waals surface area (Å²) >= 11 is 0. The Morgan fingerprint density at radius 1 is 1.33 bits per heavy atom. The van der Waals surface area contributed by atoms with Gasteiger partial charge in [0.05, 0.1) is 0 Å². The number of anilines is 2. The van der Waals surface area contributed by atoms with Gasteiger partial charge in [0, 0.05) is 30.5 Å². The van der Waals surface area contributed by atoms with Crippen LogP contribution < -0.4 is 10.6 Å². The van der Waals surface area contributed by atoms with Crippen LogP contribution in [0.4, 0.5) is 11.4 Å². The van der Waals surface area contributed by atoms with E-state index >= 15 is 0 Å². The van der Waals surface area contributed by atoms with E-state index < -0.39 is 0 Å². The van der Waals surface area contributed by atoms with Crippen LogP contribution in [0.5, 0.6) is 0 Å². The molecule has 1 heterocycles. The molecular formula is C15H25N3. The third-order valence-corrected chi connectivity index (χ3v) is 4.05. The van der Waals surface area contributed by atoms with E-state index in [9.17, 15) is 0 Å². The third-order valence-electron chi connectivity index (χ3n) is 4.05. The van der Waals surface area contributed by atoms with Crippen molar-refractivity contribution in [2.75, 3.05) is 36.8 Å². The molecule has 2 N–H and O–H groups in total. The lowest BCUT2D eigenvalue weighted by atomic mass is 10.1. The van der Waals surface area contributed by atoms with Crippen molar-refractivity contribution in [2.45, 2.75) is 33.2 Å². The van der Waals surface area contributed by atoms with E-state index in [1.807, 2.05) is 6.07 Å². The molecule has 3 nitrogen and oxygen atoms in total. The summed E-state index contributed by atoms with van der Waals surface area (Å²) in [6, 6.07) is 6.94. The van der Waals surface area contributed by atoms with Crippen LogP contribution in [0.1, 0.15) is 25.8 Å². The second-order valence-corrected chi connectivity index (χ2v) is 5.16. The SMILES string of the molecule is CCN(CC)C1CCN(c2ccc(N)cc2C)C1. The molecule has 1 saturated heterocycles. The minimum Gasteiger partial charge on any atom is -0.399 e. The van der Waals surface area contributed by atoms with Crippen LogP contribution in [-0.4, -0.2) is 37.1 Å². The lowest BCUT2D eigenvalue weighted by Gasteiger charge is -2.27. The molecule has 1 unspecified atom stereocenters.